The number of nitrogens with zero attached hydrogens (tertiary/aromatic N) is 2. The van der Waals surface area contributed by atoms with Crippen molar-refractivity contribution in [3.63, 3.8) is 0 Å². The van der Waals surface area contributed by atoms with Crippen molar-refractivity contribution in [2.24, 2.45) is 0 Å². The zero-order chi connectivity index (χ0) is 22.7. The van der Waals surface area contributed by atoms with Gasteiger partial charge >= 0.3 is 0 Å². The van der Waals surface area contributed by atoms with Gasteiger partial charge in [0, 0.05) is 23.9 Å². The lowest BCUT2D eigenvalue weighted by molar-refractivity contribution is 0.395. The van der Waals surface area contributed by atoms with Crippen LogP contribution in [0.3, 0.4) is 0 Å². The van der Waals surface area contributed by atoms with E-state index in [-0.39, 0.29) is 0 Å². The molecule has 0 saturated carbocycles. The number of methoxy groups -OCH3 is 2. The lowest BCUT2D eigenvalue weighted by Gasteiger charge is -2.13. The Labute approximate surface area is 193 Å². The van der Waals surface area contributed by atoms with Crippen molar-refractivity contribution in [3.05, 3.63) is 77.6 Å². The standard InChI is InChI=1S/C25H26N4O2S/c1-16-24(27-25(32)26-20-12-21(30-3)14-22(13-20)31-4)17(2)29(28-16)15-19-10-7-9-18-8-5-6-11-23(18)19/h5-14H,15H2,1-4H3,(H2,26,27,32). The molecular formula is C25H26N4O2S. The minimum atomic E-state index is 0.469. The fraction of sp³-hybridized carbons (Fsp3) is 0.200. The summed E-state index contributed by atoms with van der Waals surface area (Å²) in [6, 6.07) is 20.3. The largest absolute Gasteiger partial charge is 0.497 e. The predicted molar refractivity (Wildman–Crippen MR) is 134 cm³/mol. The van der Waals surface area contributed by atoms with Crippen molar-refractivity contribution in [1.29, 1.82) is 0 Å². The molecule has 0 atom stereocenters. The second-order valence-electron chi connectivity index (χ2n) is 7.52. The van der Waals surface area contributed by atoms with E-state index in [2.05, 4.69) is 53.1 Å². The molecule has 0 fully saturated rings. The second-order valence-corrected chi connectivity index (χ2v) is 7.93. The number of thiocarbonyl (C=S) groups is 1. The number of aryl methyl sites for hydroxylation is 1. The number of nitrogens with one attached hydrogen (secondary N) is 2. The normalized spacial score (nSPS) is 10.8. The van der Waals surface area contributed by atoms with Gasteiger partial charge in [-0.1, -0.05) is 42.5 Å². The van der Waals surface area contributed by atoms with E-state index in [4.69, 9.17) is 26.8 Å². The summed E-state index contributed by atoms with van der Waals surface area (Å²) in [5.74, 6) is 1.37. The Kier molecular flexibility index (Phi) is 6.28. The van der Waals surface area contributed by atoms with E-state index in [1.807, 2.05) is 36.7 Å². The molecule has 0 saturated heterocycles. The van der Waals surface area contributed by atoms with Gasteiger partial charge in [-0.05, 0) is 42.4 Å². The summed E-state index contributed by atoms with van der Waals surface area (Å²) in [7, 11) is 3.23. The highest BCUT2D eigenvalue weighted by atomic mass is 32.1. The number of benzene rings is 3. The van der Waals surface area contributed by atoms with Gasteiger partial charge < -0.3 is 20.1 Å². The minimum Gasteiger partial charge on any atom is -0.497 e. The van der Waals surface area contributed by atoms with Gasteiger partial charge in [-0.25, -0.2) is 0 Å². The predicted octanol–water partition coefficient (Wildman–Crippen LogP) is 5.53. The van der Waals surface area contributed by atoms with Crippen molar-refractivity contribution in [3.8, 4) is 11.5 Å². The molecule has 3 aromatic carbocycles. The van der Waals surface area contributed by atoms with E-state index in [1.165, 1.54) is 16.3 Å². The van der Waals surface area contributed by atoms with Crippen molar-refractivity contribution in [2.45, 2.75) is 20.4 Å². The molecule has 4 rings (SSSR count). The Hall–Kier alpha value is -3.58. The number of hydrogen-bond acceptors (Lipinski definition) is 4. The van der Waals surface area contributed by atoms with E-state index in [1.54, 1.807) is 14.2 Å². The maximum atomic E-state index is 5.56. The molecule has 7 heteroatoms. The highest BCUT2D eigenvalue weighted by molar-refractivity contribution is 7.80. The Bertz CT molecular complexity index is 1250. The SMILES string of the molecule is COc1cc(NC(=S)Nc2c(C)nn(Cc3cccc4ccccc34)c2C)cc(OC)c1. The van der Waals surface area contributed by atoms with E-state index < -0.39 is 0 Å². The summed E-state index contributed by atoms with van der Waals surface area (Å²) in [5, 5.41) is 14.2. The number of aromatic nitrogens is 2. The topological polar surface area (TPSA) is 60.3 Å². The second kappa shape index (κ2) is 9.28. The molecular weight excluding hydrogens is 420 g/mol. The molecule has 0 radical (unpaired) electrons. The molecule has 4 aromatic rings. The number of hydrogen-bond donors (Lipinski definition) is 2. The summed E-state index contributed by atoms with van der Waals surface area (Å²) in [5.41, 5.74) is 4.80. The first-order valence-corrected chi connectivity index (χ1v) is 10.7. The van der Waals surface area contributed by atoms with E-state index in [9.17, 15) is 0 Å². The number of fused-ring (bicyclic) bond motifs is 1. The summed E-state index contributed by atoms with van der Waals surface area (Å²) >= 11 is 5.56. The quantitative estimate of drug-likeness (QED) is 0.380. The highest BCUT2D eigenvalue weighted by Crippen LogP contribution is 2.27. The van der Waals surface area contributed by atoms with Crippen molar-refractivity contribution in [1.82, 2.24) is 9.78 Å². The Balaban J connectivity index is 1.54. The summed E-state index contributed by atoms with van der Waals surface area (Å²) in [4.78, 5) is 0. The number of rotatable bonds is 6. The zero-order valence-electron chi connectivity index (χ0n) is 18.6. The van der Waals surface area contributed by atoms with E-state index >= 15 is 0 Å². The van der Waals surface area contributed by atoms with Crippen LogP contribution in [0.25, 0.3) is 10.8 Å². The summed E-state index contributed by atoms with van der Waals surface area (Å²) in [6.45, 7) is 4.71. The molecule has 2 N–H and O–H groups in total. The molecule has 0 bridgehead atoms. The van der Waals surface area contributed by atoms with Gasteiger partial charge in [0.25, 0.3) is 0 Å². The highest BCUT2D eigenvalue weighted by Gasteiger charge is 2.14. The lowest BCUT2D eigenvalue weighted by atomic mass is 10.0. The minimum absolute atomic E-state index is 0.469. The molecule has 0 aliphatic carbocycles. The van der Waals surface area contributed by atoms with Crippen LogP contribution < -0.4 is 20.1 Å². The Morgan fingerprint density at radius 3 is 2.34 bits per heavy atom. The van der Waals surface area contributed by atoms with Gasteiger partial charge in [-0.2, -0.15) is 5.10 Å². The van der Waals surface area contributed by atoms with Gasteiger partial charge in [-0.3, -0.25) is 4.68 Å². The average Bonchev–Trinajstić information content (AvgIpc) is 3.06. The molecule has 164 valence electrons. The third-order valence-electron chi connectivity index (χ3n) is 5.43. The van der Waals surface area contributed by atoms with Gasteiger partial charge in [0.15, 0.2) is 5.11 Å². The molecule has 1 aromatic heterocycles. The molecule has 0 spiro atoms. The van der Waals surface area contributed by atoms with Crippen LogP contribution in [-0.2, 0) is 6.54 Å². The third-order valence-corrected chi connectivity index (χ3v) is 5.63. The monoisotopic (exact) mass is 446 g/mol. The van der Waals surface area contributed by atoms with Crippen LogP contribution in [0.5, 0.6) is 11.5 Å². The molecule has 1 heterocycles. The zero-order valence-corrected chi connectivity index (χ0v) is 19.4. The van der Waals surface area contributed by atoms with Crippen LogP contribution in [0.1, 0.15) is 17.0 Å². The van der Waals surface area contributed by atoms with Crippen LogP contribution in [0.4, 0.5) is 11.4 Å². The molecule has 0 aliphatic heterocycles. The van der Waals surface area contributed by atoms with Gasteiger partial charge in [0.2, 0.25) is 0 Å². The molecule has 0 aliphatic rings. The maximum absolute atomic E-state index is 5.56. The molecule has 6 nitrogen and oxygen atoms in total. The summed E-state index contributed by atoms with van der Waals surface area (Å²) < 4.78 is 12.7. The Morgan fingerprint density at radius 2 is 1.62 bits per heavy atom. The average molecular weight is 447 g/mol. The van der Waals surface area contributed by atoms with Crippen molar-refractivity contribution in [2.75, 3.05) is 24.9 Å². The maximum Gasteiger partial charge on any atom is 0.175 e. The lowest BCUT2D eigenvalue weighted by Crippen LogP contribution is -2.20. The van der Waals surface area contributed by atoms with Gasteiger partial charge in [0.05, 0.1) is 37.8 Å². The Morgan fingerprint density at radius 1 is 0.938 bits per heavy atom. The first-order chi connectivity index (χ1) is 15.5. The number of anilines is 2. The first-order valence-electron chi connectivity index (χ1n) is 10.3. The fourth-order valence-corrected chi connectivity index (χ4v) is 4.00. The van der Waals surface area contributed by atoms with Crippen LogP contribution in [0.2, 0.25) is 0 Å². The van der Waals surface area contributed by atoms with E-state index in [0.717, 1.165) is 22.8 Å². The van der Waals surface area contributed by atoms with E-state index in [0.29, 0.717) is 23.2 Å². The van der Waals surface area contributed by atoms with Crippen LogP contribution in [-0.4, -0.2) is 29.1 Å². The van der Waals surface area contributed by atoms with Crippen molar-refractivity contribution < 1.29 is 9.47 Å². The fourth-order valence-electron chi connectivity index (χ4n) is 3.78. The molecule has 32 heavy (non-hydrogen) atoms. The van der Waals surface area contributed by atoms with Crippen LogP contribution in [0.15, 0.2) is 60.7 Å². The summed E-state index contributed by atoms with van der Waals surface area (Å²) in [6.07, 6.45) is 0. The number of ether oxygens (including phenoxy) is 2. The van der Waals surface area contributed by atoms with Crippen molar-refractivity contribution >= 4 is 39.5 Å². The first kappa shape index (κ1) is 21.6. The van der Waals surface area contributed by atoms with Crippen LogP contribution >= 0.6 is 12.2 Å². The van der Waals surface area contributed by atoms with Crippen LogP contribution in [0, 0.1) is 13.8 Å². The smallest absolute Gasteiger partial charge is 0.175 e. The third kappa shape index (κ3) is 4.53. The molecule has 0 amide bonds. The van der Waals surface area contributed by atoms with Gasteiger partial charge in [-0.15, -0.1) is 0 Å². The molecule has 0 unspecified atom stereocenters. The van der Waals surface area contributed by atoms with Gasteiger partial charge in [0.1, 0.15) is 11.5 Å².